The van der Waals surface area contributed by atoms with Gasteiger partial charge in [0.1, 0.15) is 12.2 Å². The zero-order chi connectivity index (χ0) is 18.5. The highest BCUT2D eigenvalue weighted by Gasteiger charge is 2.10. The van der Waals surface area contributed by atoms with Crippen LogP contribution in [0.1, 0.15) is 18.3 Å². The lowest BCUT2D eigenvalue weighted by Gasteiger charge is -2.21. The minimum absolute atomic E-state index is 0. The molecule has 2 N–H and O–H groups in total. The van der Waals surface area contributed by atoms with Crippen LogP contribution < -0.4 is 5.32 Å². The molecular formula is C18H25ClIN7. The summed E-state index contributed by atoms with van der Waals surface area (Å²) in [4.78, 5) is 14.4. The summed E-state index contributed by atoms with van der Waals surface area (Å²) in [6.45, 7) is 4.20. The van der Waals surface area contributed by atoms with Crippen LogP contribution in [-0.4, -0.2) is 50.7 Å². The third-order valence-corrected chi connectivity index (χ3v) is 4.49. The number of hydrogen-bond acceptors (Lipinski definition) is 3. The van der Waals surface area contributed by atoms with Crippen molar-refractivity contribution < 1.29 is 0 Å². The maximum atomic E-state index is 6.12. The van der Waals surface area contributed by atoms with Gasteiger partial charge in [-0.25, -0.2) is 4.98 Å². The topological polar surface area (TPSA) is 74.1 Å². The normalized spacial score (nSPS) is 11.5. The van der Waals surface area contributed by atoms with Gasteiger partial charge in [-0.1, -0.05) is 11.6 Å². The van der Waals surface area contributed by atoms with E-state index >= 15 is 0 Å². The second-order valence-corrected chi connectivity index (χ2v) is 6.58. The molecule has 0 unspecified atom stereocenters. The zero-order valence-electron chi connectivity index (χ0n) is 15.7. The summed E-state index contributed by atoms with van der Waals surface area (Å²) in [5, 5.41) is 9.35. The molecule has 2 heterocycles. The van der Waals surface area contributed by atoms with Gasteiger partial charge in [0.25, 0.3) is 0 Å². The largest absolute Gasteiger partial charge is 0.361 e. The van der Waals surface area contributed by atoms with Crippen molar-refractivity contribution in [1.29, 1.82) is 0 Å². The Bertz CT molecular complexity index is 902. The number of guanidine groups is 1. The molecule has 0 aliphatic heterocycles. The molecule has 0 spiro atoms. The number of aromatic nitrogens is 4. The smallest absolute Gasteiger partial charge is 0.194 e. The molecule has 0 amide bonds. The number of aliphatic imine (C=N–C) groups is 1. The van der Waals surface area contributed by atoms with E-state index in [1.165, 1.54) is 5.56 Å². The van der Waals surface area contributed by atoms with Crippen molar-refractivity contribution in [2.45, 2.75) is 19.9 Å². The first kappa shape index (κ1) is 21.5. The fourth-order valence-corrected chi connectivity index (χ4v) is 3.03. The van der Waals surface area contributed by atoms with E-state index in [9.17, 15) is 0 Å². The second kappa shape index (κ2) is 9.93. The van der Waals surface area contributed by atoms with E-state index in [4.69, 9.17) is 16.6 Å². The summed E-state index contributed by atoms with van der Waals surface area (Å²) in [6.07, 6.45) is 4.44. The zero-order valence-corrected chi connectivity index (χ0v) is 18.8. The molecular weight excluding hydrogens is 477 g/mol. The number of aryl methyl sites for hydroxylation is 1. The van der Waals surface area contributed by atoms with Gasteiger partial charge in [-0.2, -0.15) is 5.10 Å². The van der Waals surface area contributed by atoms with Crippen LogP contribution in [0.2, 0.25) is 5.02 Å². The number of halogens is 2. The minimum Gasteiger partial charge on any atom is -0.361 e. The summed E-state index contributed by atoms with van der Waals surface area (Å²) >= 11 is 6.12. The van der Waals surface area contributed by atoms with Gasteiger partial charge in [-0.3, -0.25) is 9.67 Å². The predicted molar refractivity (Wildman–Crippen MR) is 121 cm³/mol. The Hall–Kier alpha value is -1.81. The predicted octanol–water partition coefficient (Wildman–Crippen LogP) is 3.21. The molecule has 0 radical (unpaired) electrons. The fraction of sp³-hybridized carbons (Fsp3) is 0.389. The van der Waals surface area contributed by atoms with Gasteiger partial charge < -0.3 is 15.2 Å². The van der Waals surface area contributed by atoms with E-state index in [0.29, 0.717) is 13.1 Å². The van der Waals surface area contributed by atoms with Gasteiger partial charge >= 0.3 is 0 Å². The molecule has 0 saturated carbocycles. The van der Waals surface area contributed by atoms with Gasteiger partial charge in [0.2, 0.25) is 0 Å². The molecule has 2 aromatic heterocycles. The molecule has 3 aromatic rings. The van der Waals surface area contributed by atoms with Crippen LogP contribution in [-0.2, 0) is 20.0 Å². The lowest BCUT2D eigenvalue weighted by molar-refractivity contribution is 0.449. The molecule has 3 rings (SSSR count). The molecule has 9 heteroatoms. The average Bonchev–Trinajstić information content (AvgIpc) is 3.20. The first-order valence-corrected chi connectivity index (χ1v) is 9.04. The summed E-state index contributed by atoms with van der Waals surface area (Å²) in [5.74, 6) is 1.75. The Balaban J connectivity index is 0.00000261. The van der Waals surface area contributed by atoms with Gasteiger partial charge in [0.15, 0.2) is 5.96 Å². The van der Waals surface area contributed by atoms with E-state index in [0.717, 1.165) is 40.7 Å². The van der Waals surface area contributed by atoms with Crippen molar-refractivity contribution in [2.24, 2.45) is 12.0 Å². The molecule has 0 fully saturated rings. The van der Waals surface area contributed by atoms with Crippen LogP contribution in [0.25, 0.3) is 10.9 Å². The van der Waals surface area contributed by atoms with Gasteiger partial charge in [0.05, 0.1) is 6.54 Å². The third-order valence-electron chi connectivity index (χ3n) is 4.25. The van der Waals surface area contributed by atoms with E-state index in [1.807, 2.05) is 38.5 Å². The third kappa shape index (κ3) is 5.35. The molecule has 146 valence electrons. The van der Waals surface area contributed by atoms with E-state index in [-0.39, 0.29) is 24.0 Å². The van der Waals surface area contributed by atoms with Gasteiger partial charge in [-0.05, 0) is 37.1 Å². The molecule has 0 atom stereocenters. The number of H-pyrrole nitrogens is 1. The number of fused-ring (bicyclic) bond motifs is 1. The van der Waals surface area contributed by atoms with Crippen LogP contribution in [0, 0.1) is 0 Å². The van der Waals surface area contributed by atoms with Gasteiger partial charge in [0, 0.05) is 49.3 Å². The van der Waals surface area contributed by atoms with E-state index in [2.05, 4.69) is 32.2 Å². The Morgan fingerprint density at radius 2 is 2.22 bits per heavy atom. The number of benzene rings is 1. The number of hydrogen-bond donors (Lipinski definition) is 2. The second-order valence-electron chi connectivity index (χ2n) is 6.15. The Morgan fingerprint density at radius 3 is 2.93 bits per heavy atom. The quantitative estimate of drug-likeness (QED) is 0.309. The van der Waals surface area contributed by atoms with Crippen molar-refractivity contribution in [2.75, 3.05) is 20.1 Å². The maximum absolute atomic E-state index is 6.12. The molecule has 0 bridgehead atoms. The van der Waals surface area contributed by atoms with Gasteiger partial charge in [-0.15, -0.1) is 24.0 Å². The molecule has 0 aliphatic rings. The minimum atomic E-state index is 0. The van der Waals surface area contributed by atoms with Crippen molar-refractivity contribution >= 4 is 52.4 Å². The standard InChI is InChI=1S/C18H24ClN7.HI/c1-4-20-18(25(2)11-17-23-12-24-26(17)3)21-8-7-13-10-22-16-6-5-14(19)9-15(13)16;/h5-6,9-10,12,22H,4,7-8,11H2,1-3H3,(H,20,21);1H. The van der Waals surface area contributed by atoms with E-state index < -0.39 is 0 Å². The lowest BCUT2D eigenvalue weighted by Crippen LogP contribution is -2.39. The van der Waals surface area contributed by atoms with Crippen molar-refractivity contribution in [3.63, 3.8) is 0 Å². The Morgan fingerprint density at radius 1 is 1.41 bits per heavy atom. The first-order valence-electron chi connectivity index (χ1n) is 8.66. The summed E-state index contributed by atoms with van der Waals surface area (Å²) in [7, 11) is 3.89. The summed E-state index contributed by atoms with van der Waals surface area (Å²) in [5.41, 5.74) is 2.32. The fourth-order valence-electron chi connectivity index (χ4n) is 2.86. The number of nitrogens with one attached hydrogen (secondary N) is 2. The van der Waals surface area contributed by atoms with Crippen LogP contribution in [0.3, 0.4) is 0 Å². The van der Waals surface area contributed by atoms with Crippen molar-refractivity contribution in [1.82, 2.24) is 30.0 Å². The number of rotatable bonds is 6. The maximum Gasteiger partial charge on any atom is 0.194 e. The van der Waals surface area contributed by atoms with E-state index in [1.54, 1.807) is 11.0 Å². The molecule has 7 nitrogen and oxygen atoms in total. The number of nitrogens with zero attached hydrogens (tertiary/aromatic N) is 5. The highest BCUT2D eigenvalue weighted by atomic mass is 127. The summed E-state index contributed by atoms with van der Waals surface area (Å²) in [6, 6.07) is 5.90. The van der Waals surface area contributed by atoms with Crippen LogP contribution in [0.4, 0.5) is 0 Å². The van der Waals surface area contributed by atoms with Crippen LogP contribution in [0.15, 0.2) is 35.7 Å². The Kier molecular flexibility index (Phi) is 7.91. The molecule has 27 heavy (non-hydrogen) atoms. The highest BCUT2D eigenvalue weighted by molar-refractivity contribution is 14.0. The van der Waals surface area contributed by atoms with Crippen LogP contribution >= 0.6 is 35.6 Å². The number of aromatic amines is 1. The average molecular weight is 502 g/mol. The van der Waals surface area contributed by atoms with Crippen LogP contribution in [0.5, 0.6) is 0 Å². The Labute approximate surface area is 181 Å². The molecule has 0 aliphatic carbocycles. The van der Waals surface area contributed by atoms with Crippen molar-refractivity contribution in [3.05, 3.63) is 47.1 Å². The van der Waals surface area contributed by atoms with Crippen molar-refractivity contribution in [3.8, 4) is 0 Å². The molecule has 1 aromatic carbocycles. The molecule has 0 saturated heterocycles. The monoisotopic (exact) mass is 501 g/mol. The highest BCUT2D eigenvalue weighted by Crippen LogP contribution is 2.22. The summed E-state index contributed by atoms with van der Waals surface area (Å²) < 4.78 is 1.77. The SMILES string of the molecule is CCNC(=NCCc1c[nH]c2ccc(Cl)cc12)N(C)Cc1ncnn1C.I. The first-order chi connectivity index (χ1) is 12.6. The lowest BCUT2D eigenvalue weighted by atomic mass is 10.1.